The average molecular weight is 511 g/mol. The molecule has 0 aliphatic rings. The van der Waals surface area contributed by atoms with Crippen molar-refractivity contribution in [3.05, 3.63) is 115 Å². The van der Waals surface area contributed by atoms with Gasteiger partial charge in [-0.2, -0.15) is 0 Å². The van der Waals surface area contributed by atoms with Crippen molar-refractivity contribution in [3.63, 3.8) is 0 Å². The first-order valence-electron chi connectivity index (χ1n) is 12.1. The number of rotatable bonds is 11. The van der Waals surface area contributed by atoms with Crippen LogP contribution in [0.25, 0.3) is 10.8 Å². The van der Waals surface area contributed by atoms with Gasteiger partial charge in [-0.15, -0.1) is 0 Å². The van der Waals surface area contributed by atoms with E-state index >= 15 is 0 Å². The van der Waals surface area contributed by atoms with Crippen LogP contribution in [-0.4, -0.2) is 31.1 Å². The molecule has 0 bridgehead atoms. The SMILES string of the molecule is C=CC(=O)OCCCCOc1ccc(C(=O)Oc2ccc(OC(=O)c3ccc4ccccc4c3)cc2)cc1. The molecule has 0 atom stereocenters. The van der Waals surface area contributed by atoms with E-state index < -0.39 is 17.9 Å². The maximum atomic E-state index is 12.5. The summed E-state index contributed by atoms with van der Waals surface area (Å²) in [6, 6.07) is 26.0. The fourth-order valence-electron chi connectivity index (χ4n) is 3.54. The number of carbonyl (C=O) groups excluding carboxylic acids is 3. The molecule has 38 heavy (non-hydrogen) atoms. The van der Waals surface area contributed by atoms with E-state index in [4.69, 9.17) is 18.9 Å². The minimum Gasteiger partial charge on any atom is -0.494 e. The zero-order chi connectivity index (χ0) is 26.7. The summed E-state index contributed by atoms with van der Waals surface area (Å²) in [6.45, 7) is 4.10. The highest BCUT2D eigenvalue weighted by atomic mass is 16.5. The van der Waals surface area contributed by atoms with Gasteiger partial charge in [-0.05, 0) is 84.3 Å². The van der Waals surface area contributed by atoms with E-state index in [1.165, 1.54) is 0 Å². The molecule has 0 heterocycles. The molecule has 0 aliphatic carbocycles. The number of benzene rings is 4. The highest BCUT2D eigenvalue weighted by Crippen LogP contribution is 2.22. The van der Waals surface area contributed by atoms with Gasteiger partial charge in [0.05, 0.1) is 24.3 Å². The highest BCUT2D eigenvalue weighted by molar-refractivity contribution is 5.96. The van der Waals surface area contributed by atoms with Crippen LogP contribution in [0.4, 0.5) is 0 Å². The van der Waals surface area contributed by atoms with E-state index in [1.807, 2.05) is 30.3 Å². The number of carbonyl (C=O) groups is 3. The summed E-state index contributed by atoms with van der Waals surface area (Å²) in [5.74, 6) is -0.172. The summed E-state index contributed by atoms with van der Waals surface area (Å²) in [7, 11) is 0. The van der Waals surface area contributed by atoms with Crippen molar-refractivity contribution in [2.24, 2.45) is 0 Å². The Morgan fingerprint density at radius 1 is 0.632 bits per heavy atom. The zero-order valence-electron chi connectivity index (χ0n) is 20.6. The van der Waals surface area contributed by atoms with Gasteiger partial charge in [-0.25, -0.2) is 14.4 Å². The smallest absolute Gasteiger partial charge is 0.343 e. The van der Waals surface area contributed by atoms with Crippen molar-refractivity contribution in [3.8, 4) is 17.2 Å². The molecule has 0 aliphatic heterocycles. The third-order valence-electron chi connectivity index (χ3n) is 5.54. The minimum atomic E-state index is -0.526. The number of ether oxygens (including phenoxy) is 4. The Labute approximate surface area is 220 Å². The van der Waals surface area contributed by atoms with E-state index in [0.29, 0.717) is 54.4 Å². The summed E-state index contributed by atoms with van der Waals surface area (Å²) in [6.07, 6.45) is 2.51. The molecule has 0 fully saturated rings. The van der Waals surface area contributed by atoms with Gasteiger partial charge in [0, 0.05) is 6.08 Å². The van der Waals surface area contributed by atoms with Crippen molar-refractivity contribution in [1.29, 1.82) is 0 Å². The van der Waals surface area contributed by atoms with Crippen LogP contribution in [0.1, 0.15) is 33.6 Å². The highest BCUT2D eigenvalue weighted by Gasteiger charge is 2.12. The molecule has 4 rings (SSSR count). The second kappa shape index (κ2) is 12.9. The fraction of sp³-hybridized carbons (Fsp3) is 0.129. The molecular weight excluding hydrogens is 484 g/mol. The lowest BCUT2D eigenvalue weighted by molar-refractivity contribution is -0.137. The Morgan fingerprint density at radius 2 is 1.18 bits per heavy atom. The Hall–Kier alpha value is -4.91. The summed E-state index contributed by atoms with van der Waals surface area (Å²) in [5.41, 5.74) is 0.807. The molecule has 7 nitrogen and oxygen atoms in total. The van der Waals surface area contributed by atoms with Gasteiger partial charge in [0.15, 0.2) is 0 Å². The molecule has 192 valence electrons. The lowest BCUT2D eigenvalue weighted by Gasteiger charge is -2.09. The molecule has 0 unspecified atom stereocenters. The van der Waals surface area contributed by atoms with Crippen molar-refractivity contribution in [2.75, 3.05) is 13.2 Å². The van der Waals surface area contributed by atoms with Crippen molar-refractivity contribution in [2.45, 2.75) is 12.8 Å². The van der Waals surface area contributed by atoms with Gasteiger partial charge in [-0.1, -0.05) is 36.9 Å². The number of hydrogen-bond donors (Lipinski definition) is 0. The maximum Gasteiger partial charge on any atom is 0.343 e. The minimum absolute atomic E-state index is 0.312. The van der Waals surface area contributed by atoms with Crippen LogP contribution in [0.15, 0.2) is 104 Å². The predicted molar refractivity (Wildman–Crippen MR) is 143 cm³/mol. The van der Waals surface area contributed by atoms with Crippen LogP contribution in [-0.2, 0) is 9.53 Å². The number of hydrogen-bond acceptors (Lipinski definition) is 7. The molecule has 0 N–H and O–H groups in total. The van der Waals surface area contributed by atoms with Crippen LogP contribution in [0.3, 0.4) is 0 Å². The fourth-order valence-corrected chi connectivity index (χ4v) is 3.54. The quantitative estimate of drug-likeness (QED) is 0.103. The predicted octanol–water partition coefficient (Wildman–Crippen LogP) is 6.17. The lowest BCUT2D eigenvalue weighted by Crippen LogP contribution is -2.09. The molecule has 0 spiro atoms. The molecule has 0 radical (unpaired) electrons. The van der Waals surface area contributed by atoms with E-state index in [1.54, 1.807) is 60.7 Å². The second-order valence-electron chi connectivity index (χ2n) is 8.26. The van der Waals surface area contributed by atoms with E-state index in [-0.39, 0.29) is 0 Å². The molecule has 0 saturated carbocycles. The van der Waals surface area contributed by atoms with Gasteiger partial charge in [0.2, 0.25) is 0 Å². The summed E-state index contributed by atoms with van der Waals surface area (Å²) >= 11 is 0. The molecule has 0 aromatic heterocycles. The van der Waals surface area contributed by atoms with E-state index in [0.717, 1.165) is 16.8 Å². The lowest BCUT2D eigenvalue weighted by atomic mass is 10.1. The first kappa shape index (κ1) is 26.2. The van der Waals surface area contributed by atoms with Crippen LogP contribution in [0.2, 0.25) is 0 Å². The molecule has 4 aromatic carbocycles. The first-order valence-corrected chi connectivity index (χ1v) is 12.1. The Morgan fingerprint density at radius 3 is 1.84 bits per heavy atom. The summed E-state index contributed by atoms with van der Waals surface area (Å²) < 4.78 is 21.4. The third kappa shape index (κ3) is 7.30. The molecule has 4 aromatic rings. The van der Waals surface area contributed by atoms with Crippen LogP contribution < -0.4 is 14.2 Å². The average Bonchev–Trinajstić information content (AvgIpc) is 2.95. The second-order valence-corrected chi connectivity index (χ2v) is 8.26. The summed E-state index contributed by atoms with van der Waals surface area (Å²) in [5, 5.41) is 1.99. The van der Waals surface area contributed by atoms with Crippen molar-refractivity contribution >= 4 is 28.7 Å². The first-order chi connectivity index (χ1) is 18.5. The molecule has 0 saturated heterocycles. The number of unbranched alkanes of at least 4 members (excludes halogenated alkanes) is 1. The van der Waals surface area contributed by atoms with Crippen molar-refractivity contribution in [1.82, 2.24) is 0 Å². The van der Waals surface area contributed by atoms with Gasteiger partial charge >= 0.3 is 17.9 Å². The van der Waals surface area contributed by atoms with Crippen molar-refractivity contribution < 1.29 is 33.3 Å². The third-order valence-corrected chi connectivity index (χ3v) is 5.54. The Balaban J connectivity index is 1.24. The monoisotopic (exact) mass is 510 g/mol. The zero-order valence-corrected chi connectivity index (χ0v) is 20.6. The van der Waals surface area contributed by atoms with Crippen LogP contribution in [0.5, 0.6) is 17.2 Å². The molecular formula is C31H26O7. The Kier molecular flexibility index (Phi) is 8.86. The number of esters is 3. The largest absolute Gasteiger partial charge is 0.494 e. The van der Waals surface area contributed by atoms with Gasteiger partial charge in [0.1, 0.15) is 17.2 Å². The maximum absolute atomic E-state index is 12.5. The van der Waals surface area contributed by atoms with E-state index in [2.05, 4.69) is 6.58 Å². The van der Waals surface area contributed by atoms with Gasteiger partial charge < -0.3 is 18.9 Å². The normalized spacial score (nSPS) is 10.4. The van der Waals surface area contributed by atoms with Crippen LogP contribution >= 0.6 is 0 Å². The Bertz CT molecular complexity index is 1420. The van der Waals surface area contributed by atoms with Gasteiger partial charge in [0.25, 0.3) is 0 Å². The molecule has 0 amide bonds. The van der Waals surface area contributed by atoms with E-state index in [9.17, 15) is 14.4 Å². The standard InChI is InChI=1S/C31H26O7/c1-2-29(32)36-20-6-5-19-35-26-13-11-23(12-14-26)30(33)37-27-15-17-28(18-16-27)38-31(34)25-10-9-22-7-3-4-8-24(22)21-25/h2-4,7-18,21H,1,5-6,19-20H2. The summed E-state index contributed by atoms with van der Waals surface area (Å²) in [4.78, 5) is 36.0. The number of fused-ring (bicyclic) bond motifs is 1. The molecule has 7 heteroatoms. The van der Waals surface area contributed by atoms with Gasteiger partial charge in [-0.3, -0.25) is 0 Å². The topological polar surface area (TPSA) is 88.1 Å². The van der Waals surface area contributed by atoms with Crippen LogP contribution in [0, 0.1) is 0 Å².